The first kappa shape index (κ1) is 27.7. The standard InChI is InChI=1S/C28H29F3N2O4S/c1-19(20-4-6-21(7-5-20)25-13-12-24(30)18-26(25)31)33-17-15-28(37-27(33)34,14-3-16-32-38(2,35)36)22-8-10-23(29)11-9-22/h4-13,18-19,32H,3,14-17H2,1-2H3. The Bertz CT molecular complexity index is 1400. The van der Waals surface area contributed by atoms with Crippen LogP contribution in [0.2, 0.25) is 0 Å². The predicted octanol–water partition coefficient (Wildman–Crippen LogP) is 5.90. The molecule has 0 bridgehead atoms. The molecule has 10 heteroatoms. The maximum atomic E-state index is 14.2. The third-order valence-electron chi connectivity index (χ3n) is 6.87. The Kier molecular flexibility index (Phi) is 8.13. The molecule has 1 heterocycles. The molecule has 0 aromatic heterocycles. The van der Waals surface area contributed by atoms with E-state index in [2.05, 4.69) is 4.72 Å². The van der Waals surface area contributed by atoms with Gasteiger partial charge in [0.15, 0.2) is 0 Å². The lowest BCUT2D eigenvalue weighted by molar-refractivity contribution is -0.0662. The highest BCUT2D eigenvalue weighted by Crippen LogP contribution is 2.40. The Labute approximate surface area is 220 Å². The van der Waals surface area contributed by atoms with Crippen molar-refractivity contribution in [2.24, 2.45) is 0 Å². The van der Waals surface area contributed by atoms with Crippen molar-refractivity contribution in [1.82, 2.24) is 9.62 Å². The van der Waals surface area contributed by atoms with Gasteiger partial charge in [-0.05, 0) is 60.7 Å². The minimum absolute atomic E-state index is 0.181. The SMILES string of the molecule is CC(c1ccc(-c2ccc(F)cc2F)cc1)N1CCC(CCCNS(C)(=O)=O)(c2ccc(F)cc2)OC1=O. The molecular weight excluding hydrogens is 517 g/mol. The van der Waals surface area contributed by atoms with Crippen LogP contribution in [0.15, 0.2) is 66.7 Å². The van der Waals surface area contributed by atoms with Gasteiger partial charge in [0.25, 0.3) is 0 Å². The van der Waals surface area contributed by atoms with E-state index < -0.39 is 39.2 Å². The lowest BCUT2D eigenvalue weighted by Crippen LogP contribution is -2.49. The van der Waals surface area contributed by atoms with E-state index >= 15 is 0 Å². The Balaban J connectivity index is 1.50. The Morgan fingerprint density at radius 2 is 1.66 bits per heavy atom. The van der Waals surface area contributed by atoms with Crippen LogP contribution in [0.3, 0.4) is 0 Å². The van der Waals surface area contributed by atoms with Crippen molar-refractivity contribution in [2.45, 2.75) is 37.8 Å². The molecule has 0 spiro atoms. The molecule has 0 aliphatic carbocycles. The number of halogens is 3. The van der Waals surface area contributed by atoms with Gasteiger partial charge in [0.2, 0.25) is 10.0 Å². The summed E-state index contributed by atoms with van der Waals surface area (Å²) >= 11 is 0. The minimum atomic E-state index is -3.36. The maximum absolute atomic E-state index is 14.2. The molecule has 4 rings (SSSR count). The van der Waals surface area contributed by atoms with Crippen LogP contribution in [-0.4, -0.2) is 38.8 Å². The molecule has 1 amide bonds. The molecule has 0 radical (unpaired) electrons. The quantitative estimate of drug-likeness (QED) is 0.339. The van der Waals surface area contributed by atoms with Crippen LogP contribution in [0, 0.1) is 17.5 Å². The monoisotopic (exact) mass is 546 g/mol. The van der Waals surface area contributed by atoms with Crippen molar-refractivity contribution in [1.29, 1.82) is 0 Å². The molecule has 1 aliphatic rings. The summed E-state index contributed by atoms with van der Waals surface area (Å²) in [6.07, 6.45) is 1.72. The number of sulfonamides is 1. The fraction of sp³-hybridized carbons (Fsp3) is 0.321. The first-order chi connectivity index (χ1) is 18.0. The van der Waals surface area contributed by atoms with Crippen molar-refractivity contribution < 1.29 is 31.1 Å². The van der Waals surface area contributed by atoms with Crippen LogP contribution >= 0.6 is 0 Å². The second kappa shape index (κ2) is 11.2. The summed E-state index contributed by atoms with van der Waals surface area (Å²) in [6, 6.07) is 15.8. The summed E-state index contributed by atoms with van der Waals surface area (Å²) in [5.41, 5.74) is 1.28. The number of ether oxygens (including phenoxy) is 1. The van der Waals surface area contributed by atoms with E-state index in [1.54, 1.807) is 41.3 Å². The zero-order valence-electron chi connectivity index (χ0n) is 21.1. The van der Waals surface area contributed by atoms with Gasteiger partial charge in [-0.1, -0.05) is 36.4 Å². The van der Waals surface area contributed by atoms with E-state index in [0.717, 1.165) is 17.9 Å². The minimum Gasteiger partial charge on any atom is -0.438 e. The van der Waals surface area contributed by atoms with E-state index in [-0.39, 0.29) is 18.2 Å². The molecule has 1 N–H and O–H groups in total. The number of rotatable bonds is 9. The van der Waals surface area contributed by atoms with Crippen molar-refractivity contribution in [3.63, 3.8) is 0 Å². The number of carbonyl (C=O) groups is 1. The molecule has 0 saturated carbocycles. The van der Waals surface area contributed by atoms with Crippen LogP contribution in [0.25, 0.3) is 11.1 Å². The fourth-order valence-electron chi connectivity index (χ4n) is 4.77. The molecule has 2 atom stereocenters. The molecular formula is C28H29F3N2O4S. The third kappa shape index (κ3) is 6.36. The van der Waals surface area contributed by atoms with E-state index in [1.165, 1.54) is 24.3 Å². The Hall–Kier alpha value is -3.37. The average molecular weight is 547 g/mol. The molecule has 3 aromatic carbocycles. The predicted molar refractivity (Wildman–Crippen MR) is 138 cm³/mol. The summed E-state index contributed by atoms with van der Waals surface area (Å²) in [4.78, 5) is 14.8. The van der Waals surface area contributed by atoms with Crippen LogP contribution < -0.4 is 4.72 Å². The number of benzene rings is 3. The van der Waals surface area contributed by atoms with E-state index in [9.17, 15) is 26.4 Å². The van der Waals surface area contributed by atoms with Gasteiger partial charge in [0, 0.05) is 31.1 Å². The van der Waals surface area contributed by atoms with E-state index in [0.29, 0.717) is 36.9 Å². The molecule has 3 aromatic rings. The van der Waals surface area contributed by atoms with Gasteiger partial charge in [-0.3, -0.25) is 0 Å². The van der Waals surface area contributed by atoms with Crippen LogP contribution in [0.4, 0.5) is 18.0 Å². The largest absolute Gasteiger partial charge is 0.438 e. The van der Waals surface area contributed by atoms with Crippen molar-refractivity contribution in [3.8, 4) is 11.1 Å². The Morgan fingerprint density at radius 1 is 1.00 bits per heavy atom. The normalized spacial score (nSPS) is 18.8. The number of carbonyl (C=O) groups excluding carboxylic acids is 1. The topological polar surface area (TPSA) is 75.7 Å². The highest BCUT2D eigenvalue weighted by molar-refractivity contribution is 7.88. The summed E-state index contributed by atoms with van der Waals surface area (Å²) in [7, 11) is -3.36. The van der Waals surface area contributed by atoms with Gasteiger partial charge in [0.1, 0.15) is 23.1 Å². The number of cyclic esters (lactones) is 1. The number of nitrogens with one attached hydrogen (secondary N) is 1. The van der Waals surface area contributed by atoms with Crippen molar-refractivity contribution in [3.05, 3.63) is 95.3 Å². The fourth-order valence-corrected chi connectivity index (χ4v) is 5.29. The molecule has 6 nitrogen and oxygen atoms in total. The van der Waals surface area contributed by atoms with Gasteiger partial charge in [-0.25, -0.2) is 31.1 Å². The molecule has 1 aliphatic heterocycles. The highest BCUT2D eigenvalue weighted by Gasteiger charge is 2.43. The lowest BCUT2D eigenvalue weighted by Gasteiger charge is -2.43. The third-order valence-corrected chi connectivity index (χ3v) is 7.60. The van der Waals surface area contributed by atoms with Gasteiger partial charge >= 0.3 is 6.09 Å². The molecule has 2 unspecified atom stereocenters. The summed E-state index contributed by atoms with van der Waals surface area (Å²) in [6.45, 7) is 2.39. The molecule has 202 valence electrons. The zero-order chi connectivity index (χ0) is 27.5. The zero-order valence-corrected chi connectivity index (χ0v) is 21.9. The van der Waals surface area contributed by atoms with Crippen molar-refractivity contribution in [2.75, 3.05) is 19.3 Å². The second-order valence-corrected chi connectivity index (χ2v) is 11.3. The molecule has 1 saturated heterocycles. The van der Waals surface area contributed by atoms with Gasteiger partial charge in [0.05, 0.1) is 12.3 Å². The second-order valence-electron chi connectivity index (χ2n) is 9.50. The van der Waals surface area contributed by atoms with Gasteiger partial charge in [-0.15, -0.1) is 0 Å². The van der Waals surface area contributed by atoms with E-state index in [4.69, 9.17) is 4.74 Å². The first-order valence-electron chi connectivity index (χ1n) is 12.2. The van der Waals surface area contributed by atoms with Crippen LogP contribution in [0.1, 0.15) is 43.4 Å². The summed E-state index contributed by atoms with van der Waals surface area (Å²) in [5, 5.41) is 0. The highest BCUT2D eigenvalue weighted by atomic mass is 32.2. The van der Waals surface area contributed by atoms with Gasteiger partial charge in [-0.2, -0.15) is 0 Å². The first-order valence-corrected chi connectivity index (χ1v) is 14.1. The van der Waals surface area contributed by atoms with Crippen molar-refractivity contribution >= 4 is 16.1 Å². The van der Waals surface area contributed by atoms with Crippen LogP contribution in [0.5, 0.6) is 0 Å². The van der Waals surface area contributed by atoms with Gasteiger partial charge < -0.3 is 9.64 Å². The number of hydrogen-bond acceptors (Lipinski definition) is 4. The summed E-state index contributed by atoms with van der Waals surface area (Å²) < 4.78 is 72.3. The molecule has 38 heavy (non-hydrogen) atoms. The average Bonchev–Trinajstić information content (AvgIpc) is 2.86. The van der Waals surface area contributed by atoms with Crippen LogP contribution in [-0.2, 0) is 20.4 Å². The number of hydrogen-bond donors (Lipinski definition) is 1. The number of amides is 1. The lowest BCUT2D eigenvalue weighted by atomic mass is 9.84. The number of nitrogens with zero attached hydrogens (tertiary/aromatic N) is 1. The summed E-state index contributed by atoms with van der Waals surface area (Å²) in [5.74, 6) is -1.72. The smallest absolute Gasteiger partial charge is 0.411 e. The molecule has 1 fully saturated rings. The maximum Gasteiger partial charge on any atom is 0.411 e. The Morgan fingerprint density at radius 3 is 2.26 bits per heavy atom. The van der Waals surface area contributed by atoms with E-state index in [1.807, 2.05) is 6.92 Å².